The summed E-state index contributed by atoms with van der Waals surface area (Å²) in [5.41, 5.74) is 2.18. The van der Waals surface area contributed by atoms with E-state index >= 15 is 0 Å². The summed E-state index contributed by atoms with van der Waals surface area (Å²) in [4.78, 5) is 23.1. The van der Waals surface area contributed by atoms with E-state index in [1.165, 1.54) is 12.2 Å². The molecule has 0 amide bonds. The van der Waals surface area contributed by atoms with Crippen LogP contribution in [0, 0.1) is 0 Å². The number of carbonyl (C=O) groups excluding carboxylic acids is 1. The molecule has 0 spiro atoms. The van der Waals surface area contributed by atoms with Crippen LogP contribution in [0.1, 0.15) is 36.5 Å². The number of fused-ring (bicyclic) bond motifs is 3. The third-order valence-corrected chi connectivity index (χ3v) is 4.52. The number of aryl methyl sites for hydroxylation is 1. The molecule has 0 saturated heterocycles. The van der Waals surface area contributed by atoms with E-state index in [0.717, 1.165) is 42.2 Å². The lowest BCUT2D eigenvalue weighted by atomic mass is 9.90. The van der Waals surface area contributed by atoms with Gasteiger partial charge in [-0.1, -0.05) is 0 Å². The van der Waals surface area contributed by atoms with E-state index in [2.05, 4.69) is 0 Å². The Balaban J connectivity index is 2.10. The number of aliphatic carboxylic acids is 1. The third kappa shape index (κ3) is 2.82. The highest BCUT2D eigenvalue weighted by atomic mass is 16.4. The zero-order chi connectivity index (χ0) is 16.6. The van der Waals surface area contributed by atoms with E-state index in [9.17, 15) is 19.8 Å². The van der Waals surface area contributed by atoms with E-state index < -0.39 is 12.0 Å². The molecule has 6 nitrogen and oxygen atoms in total. The van der Waals surface area contributed by atoms with Crippen molar-refractivity contribution in [1.82, 2.24) is 0 Å². The number of benzene rings is 1. The molecule has 3 rings (SSSR count). The number of nitrogens with two attached hydrogens (primary N) is 1. The monoisotopic (exact) mass is 317 g/mol. The van der Waals surface area contributed by atoms with E-state index in [1.807, 2.05) is 0 Å². The van der Waals surface area contributed by atoms with Crippen molar-refractivity contribution in [3.05, 3.63) is 39.2 Å². The van der Waals surface area contributed by atoms with Crippen molar-refractivity contribution in [3.63, 3.8) is 0 Å². The van der Waals surface area contributed by atoms with Gasteiger partial charge < -0.3 is 24.7 Å². The van der Waals surface area contributed by atoms with Gasteiger partial charge in [0.15, 0.2) is 5.58 Å². The summed E-state index contributed by atoms with van der Waals surface area (Å²) in [6, 6.07) is 2.59. The molecule has 2 aromatic rings. The fourth-order valence-corrected chi connectivity index (χ4v) is 3.14. The molecule has 1 aromatic heterocycles. The minimum atomic E-state index is -1.18. The van der Waals surface area contributed by atoms with Gasteiger partial charge in [-0.05, 0) is 50.3 Å². The quantitative estimate of drug-likeness (QED) is 0.745. The molecule has 1 heterocycles. The molecule has 0 aliphatic heterocycles. The Morgan fingerprint density at radius 3 is 2.74 bits per heavy atom. The Bertz CT molecular complexity index is 824. The number of phenolic OH excluding ortho intramolecular Hbond substituents is 1. The highest BCUT2D eigenvalue weighted by molar-refractivity contribution is 5.86. The maximum atomic E-state index is 12.2. The molecule has 122 valence electrons. The van der Waals surface area contributed by atoms with Crippen LogP contribution < -0.4 is 16.0 Å². The summed E-state index contributed by atoms with van der Waals surface area (Å²) in [5.74, 6) is -1.18. The Morgan fingerprint density at radius 2 is 2.04 bits per heavy atom. The molecule has 1 aromatic carbocycles. The topological polar surface area (TPSA) is 107 Å². The van der Waals surface area contributed by atoms with Gasteiger partial charge in [0, 0.05) is 10.9 Å². The predicted molar refractivity (Wildman–Crippen MR) is 80.9 cm³/mol. The number of carbonyl (C=O) groups is 1. The van der Waals surface area contributed by atoms with E-state index in [-0.39, 0.29) is 17.9 Å². The molecule has 1 aliphatic rings. The Labute approximate surface area is 132 Å². The Hall–Kier alpha value is -2.34. The van der Waals surface area contributed by atoms with Crippen LogP contribution in [0.4, 0.5) is 0 Å². The van der Waals surface area contributed by atoms with Crippen molar-refractivity contribution in [2.75, 3.05) is 0 Å². The molecule has 0 fully saturated rings. The lowest BCUT2D eigenvalue weighted by Gasteiger charge is -2.18. The van der Waals surface area contributed by atoms with Gasteiger partial charge in [0.05, 0.1) is 11.5 Å². The van der Waals surface area contributed by atoms with Gasteiger partial charge in [0.2, 0.25) is 0 Å². The average Bonchev–Trinajstić information content (AvgIpc) is 2.54. The van der Waals surface area contributed by atoms with Crippen LogP contribution in [0.5, 0.6) is 5.75 Å². The van der Waals surface area contributed by atoms with Crippen molar-refractivity contribution < 1.29 is 24.7 Å². The first-order chi connectivity index (χ1) is 11.0. The molecule has 0 saturated carbocycles. The minimum absolute atomic E-state index is 0.00166. The lowest BCUT2D eigenvalue weighted by molar-refractivity contribution is -0.695. The maximum Gasteiger partial charge on any atom is 0.339 e. The molecule has 0 bridgehead atoms. The molecule has 0 unspecified atom stereocenters. The summed E-state index contributed by atoms with van der Waals surface area (Å²) in [6.45, 7) is 1.70. The van der Waals surface area contributed by atoms with Crippen LogP contribution in [-0.4, -0.2) is 17.1 Å². The first-order valence-electron chi connectivity index (χ1n) is 7.82. The number of aromatic hydroxyl groups is 1. The number of quaternary nitrogens is 1. The largest absolute Gasteiger partial charge is 0.544 e. The second-order valence-electron chi connectivity index (χ2n) is 6.04. The van der Waals surface area contributed by atoms with Crippen LogP contribution in [0.25, 0.3) is 11.0 Å². The summed E-state index contributed by atoms with van der Waals surface area (Å²) in [6.07, 6.45) is 3.54. The standard InChI is InChI=1S/C17H19NO5/c1-9(16(20)21)18-8-13-14(19)7-6-11-10-4-2-3-5-12(10)17(22)23-15(11)13/h6-7,9,18-19H,2-5,8H2,1H3,(H,20,21)/t9-/m0/s1. The zero-order valence-corrected chi connectivity index (χ0v) is 12.9. The van der Waals surface area contributed by atoms with Gasteiger partial charge in [-0.15, -0.1) is 0 Å². The number of phenols is 1. The van der Waals surface area contributed by atoms with Crippen LogP contribution in [0.3, 0.4) is 0 Å². The number of hydrogen-bond acceptors (Lipinski definition) is 5. The maximum absolute atomic E-state index is 12.2. The zero-order valence-electron chi connectivity index (χ0n) is 12.9. The molecular weight excluding hydrogens is 298 g/mol. The first kappa shape index (κ1) is 15.6. The van der Waals surface area contributed by atoms with Crippen LogP contribution in [-0.2, 0) is 24.2 Å². The van der Waals surface area contributed by atoms with Gasteiger partial charge in [0.25, 0.3) is 0 Å². The summed E-state index contributed by atoms with van der Waals surface area (Å²) in [7, 11) is 0. The van der Waals surface area contributed by atoms with Crippen molar-refractivity contribution in [1.29, 1.82) is 0 Å². The van der Waals surface area contributed by atoms with Crippen LogP contribution in [0.15, 0.2) is 21.3 Å². The minimum Gasteiger partial charge on any atom is -0.544 e. The molecular formula is C17H19NO5. The molecule has 1 aliphatic carbocycles. The Morgan fingerprint density at radius 1 is 1.35 bits per heavy atom. The van der Waals surface area contributed by atoms with Gasteiger partial charge in [-0.3, -0.25) is 0 Å². The predicted octanol–water partition coefficient (Wildman–Crippen LogP) is -0.421. The first-order valence-corrected chi connectivity index (χ1v) is 7.82. The molecule has 6 heteroatoms. The van der Waals surface area contributed by atoms with Gasteiger partial charge in [0.1, 0.15) is 18.3 Å². The SMILES string of the molecule is C[C@H]([NH2+]Cc1c(O)ccc2c3c(c(=O)oc12)CCCC3)C(=O)[O-]. The fraction of sp³-hybridized carbons (Fsp3) is 0.412. The highest BCUT2D eigenvalue weighted by Crippen LogP contribution is 2.32. The van der Waals surface area contributed by atoms with Crippen molar-refractivity contribution in [3.8, 4) is 5.75 Å². The van der Waals surface area contributed by atoms with Crippen molar-refractivity contribution in [2.45, 2.75) is 45.2 Å². The van der Waals surface area contributed by atoms with Crippen LogP contribution >= 0.6 is 0 Å². The van der Waals surface area contributed by atoms with E-state index in [1.54, 1.807) is 12.1 Å². The van der Waals surface area contributed by atoms with Crippen LogP contribution in [0.2, 0.25) is 0 Å². The van der Waals surface area contributed by atoms with Crippen molar-refractivity contribution >= 4 is 16.9 Å². The van der Waals surface area contributed by atoms with E-state index in [0.29, 0.717) is 11.1 Å². The Kier molecular flexibility index (Phi) is 4.09. The number of rotatable bonds is 4. The second kappa shape index (κ2) is 6.04. The molecule has 0 radical (unpaired) electrons. The highest BCUT2D eigenvalue weighted by Gasteiger charge is 2.21. The molecule has 3 N–H and O–H groups in total. The summed E-state index contributed by atoms with van der Waals surface area (Å²) >= 11 is 0. The van der Waals surface area contributed by atoms with E-state index in [4.69, 9.17) is 4.42 Å². The van der Waals surface area contributed by atoms with Gasteiger partial charge >= 0.3 is 5.63 Å². The average molecular weight is 317 g/mol. The van der Waals surface area contributed by atoms with Gasteiger partial charge in [-0.25, -0.2) is 4.79 Å². The summed E-state index contributed by atoms with van der Waals surface area (Å²) < 4.78 is 5.47. The number of hydrogen-bond donors (Lipinski definition) is 2. The fourth-order valence-electron chi connectivity index (χ4n) is 3.14. The smallest absolute Gasteiger partial charge is 0.339 e. The number of carboxylic acids is 1. The molecule has 23 heavy (non-hydrogen) atoms. The van der Waals surface area contributed by atoms with Gasteiger partial charge in [-0.2, -0.15) is 0 Å². The summed E-state index contributed by atoms with van der Waals surface area (Å²) in [5, 5.41) is 23.3. The second-order valence-corrected chi connectivity index (χ2v) is 6.04. The number of carboxylic acid groups (broad SMARTS) is 1. The molecule has 1 atom stereocenters. The lowest BCUT2D eigenvalue weighted by Crippen LogP contribution is -2.90. The third-order valence-electron chi connectivity index (χ3n) is 4.52. The normalized spacial score (nSPS) is 15.3. The van der Waals surface area contributed by atoms with Crippen molar-refractivity contribution in [2.24, 2.45) is 0 Å².